The van der Waals surface area contributed by atoms with Gasteiger partial charge in [-0.05, 0) is 25.3 Å². The second-order valence-corrected chi connectivity index (χ2v) is 5.07. The van der Waals surface area contributed by atoms with E-state index in [4.69, 9.17) is 5.73 Å². The van der Waals surface area contributed by atoms with Crippen LogP contribution in [0, 0.1) is 5.92 Å². The maximum Gasteiger partial charge on any atom is 0.220 e. The summed E-state index contributed by atoms with van der Waals surface area (Å²) in [7, 11) is 0. The second kappa shape index (κ2) is 8.20. The summed E-state index contributed by atoms with van der Waals surface area (Å²) in [6, 6.07) is 0. The number of nitrogens with one attached hydrogen (secondary N) is 1. The minimum absolute atomic E-state index is 0.107. The topological polar surface area (TPSA) is 68.0 Å². The molecular weight excluding hydrogens is 234 g/mol. The number of hydrogen-bond acceptors (Lipinski definition) is 4. The number of amides is 1. The molecule has 0 aromatic carbocycles. The Bertz CT molecular complexity index is 314. The predicted molar refractivity (Wildman–Crippen MR) is 70.6 cm³/mol. The molecule has 0 radical (unpaired) electrons. The molecule has 0 aliphatic rings. The molecule has 0 fully saturated rings. The van der Waals surface area contributed by atoms with E-state index in [-0.39, 0.29) is 5.91 Å². The number of nitrogens with two attached hydrogens (primary N) is 1. The highest BCUT2D eigenvalue weighted by Gasteiger charge is 2.09. The van der Waals surface area contributed by atoms with Gasteiger partial charge in [0.1, 0.15) is 5.01 Å². The lowest BCUT2D eigenvalue weighted by molar-refractivity contribution is -0.121. The number of carbonyl (C=O) groups is 1. The lowest BCUT2D eigenvalue weighted by Crippen LogP contribution is -2.23. The molecule has 0 aliphatic carbocycles. The largest absolute Gasteiger partial charge is 0.350 e. The van der Waals surface area contributed by atoms with Gasteiger partial charge in [0.25, 0.3) is 0 Å². The van der Waals surface area contributed by atoms with Crippen molar-refractivity contribution in [3.63, 3.8) is 0 Å². The Hall–Kier alpha value is -0.940. The maximum atomic E-state index is 11.6. The molecule has 1 unspecified atom stereocenters. The lowest BCUT2D eigenvalue weighted by Gasteiger charge is -2.12. The van der Waals surface area contributed by atoms with E-state index >= 15 is 0 Å². The molecule has 17 heavy (non-hydrogen) atoms. The van der Waals surface area contributed by atoms with Crippen molar-refractivity contribution in [1.82, 2.24) is 10.3 Å². The zero-order valence-corrected chi connectivity index (χ0v) is 11.1. The van der Waals surface area contributed by atoms with Gasteiger partial charge in [-0.1, -0.05) is 13.3 Å². The summed E-state index contributed by atoms with van der Waals surface area (Å²) in [4.78, 5) is 15.7. The molecule has 96 valence electrons. The van der Waals surface area contributed by atoms with Crippen molar-refractivity contribution in [2.24, 2.45) is 11.7 Å². The maximum absolute atomic E-state index is 11.6. The fourth-order valence-corrected chi connectivity index (χ4v) is 2.28. The van der Waals surface area contributed by atoms with Crippen LogP contribution >= 0.6 is 11.3 Å². The van der Waals surface area contributed by atoms with Crippen LogP contribution in [0.3, 0.4) is 0 Å². The van der Waals surface area contributed by atoms with Crippen LogP contribution < -0.4 is 11.1 Å². The Morgan fingerprint density at radius 1 is 1.59 bits per heavy atom. The van der Waals surface area contributed by atoms with E-state index in [9.17, 15) is 4.79 Å². The van der Waals surface area contributed by atoms with E-state index in [0.717, 1.165) is 24.3 Å². The number of carbonyl (C=O) groups excluding carboxylic acids is 1. The molecule has 1 heterocycles. The third-order valence-electron chi connectivity index (χ3n) is 2.85. The predicted octanol–water partition coefficient (Wildman–Crippen LogP) is 1.91. The van der Waals surface area contributed by atoms with E-state index in [1.807, 2.05) is 5.38 Å². The summed E-state index contributed by atoms with van der Waals surface area (Å²) >= 11 is 1.56. The fourth-order valence-electron chi connectivity index (χ4n) is 1.73. The Balaban J connectivity index is 2.16. The number of hydrogen-bond donors (Lipinski definition) is 2. The van der Waals surface area contributed by atoms with Crippen molar-refractivity contribution >= 4 is 17.2 Å². The van der Waals surface area contributed by atoms with Crippen LogP contribution in [0.4, 0.5) is 0 Å². The molecule has 0 saturated heterocycles. The molecule has 0 saturated carbocycles. The van der Waals surface area contributed by atoms with Crippen LogP contribution in [0.1, 0.15) is 37.6 Å². The summed E-state index contributed by atoms with van der Waals surface area (Å²) in [5.41, 5.74) is 5.53. The first-order valence-electron chi connectivity index (χ1n) is 6.11. The summed E-state index contributed by atoms with van der Waals surface area (Å²) in [6.45, 7) is 3.40. The van der Waals surface area contributed by atoms with Crippen molar-refractivity contribution in [3.8, 4) is 0 Å². The van der Waals surface area contributed by atoms with Crippen LogP contribution in [-0.4, -0.2) is 17.4 Å². The van der Waals surface area contributed by atoms with Crippen LogP contribution in [-0.2, 0) is 11.3 Å². The van der Waals surface area contributed by atoms with E-state index in [1.165, 1.54) is 0 Å². The third kappa shape index (κ3) is 5.79. The van der Waals surface area contributed by atoms with Crippen molar-refractivity contribution in [1.29, 1.82) is 0 Å². The number of rotatable bonds is 8. The smallest absolute Gasteiger partial charge is 0.220 e. The van der Waals surface area contributed by atoms with E-state index in [2.05, 4.69) is 17.2 Å². The van der Waals surface area contributed by atoms with Gasteiger partial charge >= 0.3 is 0 Å². The summed E-state index contributed by atoms with van der Waals surface area (Å²) in [6.07, 6.45) is 5.37. The van der Waals surface area contributed by atoms with E-state index < -0.39 is 0 Å². The minimum atomic E-state index is 0.107. The van der Waals surface area contributed by atoms with Crippen LogP contribution in [0.25, 0.3) is 0 Å². The molecular formula is C12H21N3OS. The Morgan fingerprint density at radius 2 is 2.41 bits per heavy atom. The van der Waals surface area contributed by atoms with Crippen molar-refractivity contribution in [3.05, 3.63) is 16.6 Å². The van der Waals surface area contributed by atoms with Gasteiger partial charge in [-0.25, -0.2) is 4.98 Å². The molecule has 1 aromatic heterocycles. The summed E-state index contributed by atoms with van der Waals surface area (Å²) in [5.74, 6) is 0.682. The van der Waals surface area contributed by atoms with Crippen molar-refractivity contribution in [2.75, 3.05) is 6.54 Å². The first-order valence-corrected chi connectivity index (χ1v) is 6.99. The first kappa shape index (κ1) is 14.1. The van der Waals surface area contributed by atoms with Crippen LogP contribution in [0.5, 0.6) is 0 Å². The number of aromatic nitrogens is 1. The zero-order valence-electron chi connectivity index (χ0n) is 10.3. The quantitative estimate of drug-likeness (QED) is 0.745. The highest BCUT2D eigenvalue weighted by molar-refractivity contribution is 7.09. The molecule has 0 spiro atoms. The summed E-state index contributed by atoms with van der Waals surface area (Å²) < 4.78 is 0. The van der Waals surface area contributed by atoms with Crippen LogP contribution in [0.2, 0.25) is 0 Å². The second-order valence-electron chi connectivity index (χ2n) is 4.09. The van der Waals surface area contributed by atoms with Gasteiger partial charge in [0, 0.05) is 18.0 Å². The van der Waals surface area contributed by atoms with Crippen molar-refractivity contribution < 1.29 is 4.79 Å². The molecule has 1 aromatic rings. The normalized spacial score (nSPS) is 12.4. The zero-order chi connectivity index (χ0) is 12.5. The standard InChI is InChI=1S/C12H21N3OS/c1-2-10(5-6-13)3-4-11(16)15-9-12-14-7-8-17-12/h7-8,10H,2-6,9,13H2,1H3,(H,15,16). The molecule has 3 N–H and O–H groups in total. The van der Waals surface area contributed by atoms with E-state index in [1.54, 1.807) is 17.5 Å². The molecule has 1 amide bonds. The highest BCUT2D eigenvalue weighted by atomic mass is 32.1. The Morgan fingerprint density at radius 3 is 3.00 bits per heavy atom. The van der Waals surface area contributed by atoms with Gasteiger partial charge < -0.3 is 11.1 Å². The molecule has 0 aliphatic heterocycles. The highest BCUT2D eigenvalue weighted by Crippen LogP contribution is 2.14. The lowest BCUT2D eigenvalue weighted by atomic mass is 9.96. The number of thiazole rings is 1. The number of nitrogens with zero attached hydrogens (tertiary/aromatic N) is 1. The van der Waals surface area contributed by atoms with Crippen LogP contribution in [0.15, 0.2) is 11.6 Å². The van der Waals surface area contributed by atoms with Gasteiger partial charge in [0.15, 0.2) is 0 Å². The molecule has 4 nitrogen and oxygen atoms in total. The molecule has 5 heteroatoms. The first-order chi connectivity index (χ1) is 8.26. The Kier molecular flexibility index (Phi) is 6.81. The Labute approximate surface area is 107 Å². The average Bonchev–Trinajstić information content (AvgIpc) is 2.85. The van der Waals surface area contributed by atoms with E-state index in [0.29, 0.717) is 25.4 Å². The van der Waals surface area contributed by atoms with Crippen molar-refractivity contribution in [2.45, 2.75) is 39.2 Å². The van der Waals surface area contributed by atoms with Gasteiger partial charge in [-0.3, -0.25) is 4.79 Å². The fraction of sp³-hybridized carbons (Fsp3) is 0.667. The summed E-state index contributed by atoms with van der Waals surface area (Å²) in [5, 5.41) is 5.75. The minimum Gasteiger partial charge on any atom is -0.350 e. The monoisotopic (exact) mass is 255 g/mol. The average molecular weight is 255 g/mol. The van der Waals surface area contributed by atoms with Gasteiger partial charge in [0.2, 0.25) is 5.91 Å². The third-order valence-corrected chi connectivity index (χ3v) is 3.63. The van der Waals surface area contributed by atoms with Gasteiger partial charge in [-0.15, -0.1) is 11.3 Å². The van der Waals surface area contributed by atoms with Gasteiger partial charge in [-0.2, -0.15) is 0 Å². The SMILES string of the molecule is CCC(CCN)CCC(=O)NCc1nccs1. The van der Waals surface area contributed by atoms with Gasteiger partial charge in [0.05, 0.1) is 6.54 Å². The molecule has 1 rings (SSSR count). The molecule has 1 atom stereocenters. The molecule has 0 bridgehead atoms.